The van der Waals surface area contributed by atoms with E-state index < -0.39 is 5.24 Å². The lowest BCUT2D eigenvalue weighted by Crippen LogP contribution is -2.19. The Morgan fingerprint density at radius 2 is 1.50 bits per heavy atom. The maximum Gasteiger partial charge on any atom is 0.288 e. The van der Waals surface area contributed by atoms with Gasteiger partial charge in [0, 0.05) is 5.92 Å². The molecule has 0 unspecified atom stereocenters. The highest BCUT2D eigenvalue weighted by atomic mass is 35.5. The molecular weight excluding hydrogens is 176 g/mol. The van der Waals surface area contributed by atoms with Crippen molar-refractivity contribution >= 4 is 22.6 Å². The van der Waals surface area contributed by atoms with Gasteiger partial charge >= 0.3 is 0 Å². The maximum atomic E-state index is 11.2. The van der Waals surface area contributed by atoms with Crippen LogP contribution >= 0.6 is 11.6 Å². The third kappa shape index (κ3) is 2.59. The van der Waals surface area contributed by atoms with E-state index in [1.165, 1.54) is 12.8 Å². The van der Waals surface area contributed by atoms with E-state index in [0.717, 1.165) is 25.7 Å². The van der Waals surface area contributed by atoms with Gasteiger partial charge in [-0.3, -0.25) is 9.59 Å². The molecule has 3 heteroatoms. The molecule has 0 atom stereocenters. The van der Waals surface area contributed by atoms with Gasteiger partial charge in [0.05, 0.1) is 0 Å². The molecule has 0 aromatic rings. The number of rotatable bonds is 2. The van der Waals surface area contributed by atoms with E-state index in [2.05, 4.69) is 0 Å². The first-order chi connectivity index (χ1) is 5.72. The molecule has 0 heterocycles. The summed E-state index contributed by atoms with van der Waals surface area (Å²) in [5.41, 5.74) is 0. The molecule has 0 saturated heterocycles. The van der Waals surface area contributed by atoms with Crippen LogP contribution in [-0.4, -0.2) is 11.0 Å². The quantitative estimate of drug-likeness (QED) is 0.379. The minimum atomic E-state index is -0.790. The van der Waals surface area contributed by atoms with Gasteiger partial charge in [-0.05, 0) is 24.4 Å². The fourth-order valence-electron chi connectivity index (χ4n) is 1.70. The summed E-state index contributed by atoms with van der Waals surface area (Å²) in [7, 11) is 0. The molecule has 1 aliphatic rings. The highest BCUT2D eigenvalue weighted by molar-refractivity contribution is 6.81. The third-order valence-electron chi connectivity index (χ3n) is 2.42. The first kappa shape index (κ1) is 9.72. The molecule has 0 amide bonds. The van der Waals surface area contributed by atoms with Crippen LogP contribution in [0.15, 0.2) is 0 Å². The van der Waals surface area contributed by atoms with Crippen LogP contribution < -0.4 is 0 Å². The van der Waals surface area contributed by atoms with Crippen molar-refractivity contribution in [2.45, 2.75) is 38.5 Å². The van der Waals surface area contributed by atoms with Gasteiger partial charge in [0.25, 0.3) is 5.24 Å². The van der Waals surface area contributed by atoms with Crippen LogP contribution in [0, 0.1) is 5.92 Å². The largest absolute Gasteiger partial charge is 0.289 e. The first-order valence-electron chi connectivity index (χ1n) is 4.45. The summed E-state index contributed by atoms with van der Waals surface area (Å²) in [4.78, 5) is 21.7. The normalized spacial score (nSPS) is 20.1. The molecule has 0 aromatic heterocycles. The fourth-order valence-corrected chi connectivity index (χ4v) is 1.86. The Kier molecular flexibility index (Phi) is 3.73. The van der Waals surface area contributed by atoms with Gasteiger partial charge in [-0.2, -0.15) is 0 Å². The zero-order valence-electron chi connectivity index (χ0n) is 7.01. The molecule has 0 aliphatic heterocycles. The van der Waals surface area contributed by atoms with Crippen molar-refractivity contribution in [2.24, 2.45) is 5.92 Å². The number of halogens is 1. The second-order valence-electron chi connectivity index (χ2n) is 3.33. The predicted molar refractivity (Wildman–Crippen MR) is 47.1 cm³/mol. The predicted octanol–water partition coefficient (Wildman–Crippen LogP) is 2.29. The van der Waals surface area contributed by atoms with Crippen molar-refractivity contribution in [3.63, 3.8) is 0 Å². The lowest BCUT2D eigenvalue weighted by atomic mass is 9.96. The average molecular weight is 189 g/mol. The molecule has 68 valence electrons. The first-order valence-corrected chi connectivity index (χ1v) is 4.83. The van der Waals surface area contributed by atoms with Crippen molar-refractivity contribution in [1.82, 2.24) is 0 Å². The summed E-state index contributed by atoms with van der Waals surface area (Å²) in [6.45, 7) is 0. The molecule has 0 aromatic carbocycles. The second kappa shape index (κ2) is 4.61. The van der Waals surface area contributed by atoms with E-state index in [1.807, 2.05) is 0 Å². The number of Topliss-reactive ketones (excluding diaryl/α,β-unsaturated/α-hetero) is 1. The van der Waals surface area contributed by atoms with Crippen molar-refractivity contribution in [3.05, 3.63) is 0 Å². The van der Waals surface area contributed by atoms with E-state index in [1.54, 1.807) is 0 Å². The molecule has 12 heavy (non-hydrogen) atoms. The van der Waals surface area contributed by atoms with Crippen molar-refractivity contribution < 1.29 is 9.59 Å². The van der Waals surface area contributed by atoms with Crippen molar-refractivity contribution in [1.29, 1.82) is 0 Å². The van der Waals surface area contributed by atoms with E-state index in [0.29, 0.717) is 0 Å². The number of hydrogen-bond donors (Lipinski definition) is 0. The highest BCUT2D eigenvalue weighted by Crippen LogP contribution is 2.23. The molecule has 0 bridgehead atoms. The van der Waals surface area contributed by atoms with Crippen LogP contribution in [0.4, 0.5) is 0 Å². The molecular formula is C9H13ClO2. The lowest BCUT2D eigenvalue weighted by Gasteiger charge is -2.08. The molecule has 1 fully saturated rings. The Labute approximate surface area is 77.3 Å². The standard InChI is InChI=1S/C9H13ClO2/c10-9(12)8(11)7-5-3-1-2-4-6-7/h7H,1-6H2. The Bertz CT molecular complexity index is 181. The van der Waals surface area contributed by atoms with E-state index in [9.17, 15) is 9.59 Å². The number of ketones is 1. The second-order valence-corrected chi connectivity index (χ2v) is 3.67. The highest BCUT2D eigenvalue weighted by Gasteiger charge is 2.24. The number of carbonyl (C=O) groups excluding carboxylic acids is 2. The molecule has 0 N–H and O–H groups in total. The SMILES string of the molecule is O=C(Cl)C(=O)C1CCCCCC1. The summed E-state index contributed by atoms with van der Waals surface area (Å²) in [5.74, 6) is -0.462. The van der Waals surface area contributed by atoms with Crippen LogP contribution in [0.2, 0.25) is 0 Å². The van der Waals surface area contributed by atoms with E-state index >= 15 is 0 Å². The number of hydrogen-bond acceptors (Lipinski definition) is 2. The molecule has 1 saturated carbocycles. The summed E-state index contributed by atoms with van der Waals surface area (Å²) in [5, 5.41) is -0.790. The van der Waals surface area contributed by atoms with E-state index in [-0.39, 0.29) is 11.7 Å². The van der Waals surface area contributed by atoms with Crippen LogP contribution in [0.5, 0.6) is 0 Å². The Morgan fingerprint density at radius 1 is 1.00 bits per heavy atom. The van der Waals surface area contributed by atoms with Crippen LogP contribution in [0.1, 0.15) is 38.5 Å². The Balaban J connectivity index is 2.48. The van der Waals surface area contributed by atoms with Crippen LogP contribution in [0.25, 0.3) is 0 Å². The van der Waals surface area contributed by atoms with Gasteiger partial charge in [-0.15, -0.1) is 0 Å². The smallest absolute Gasteiger partial charge is 0.288 e. The maximum absolute atomic E-state index is 11.2. The lowest BCUT2D eigenvalue weighted by molar-refractivity contribution is -0.134. The number of carbonyl (C=O) groups is 2. The molecule has 1 rings (SSSR count). The zero-order chi connectivity index (χ0) is 8.97. The van der Waals surface area contributed by atoms with Gasteiger partial charge in [-0.1, -0.05) is 25.7 Å². The third-order valence-corrected chi connectivity index (χ3v) is 2.61. The van der Waals surface area contributed by atoms with Gasteiger partial charge in [0.2, 0.25) is 5.78 Å². The fraction of sp³-hybridized carbons (Fsp3) is 0.778. The van der Waals surface area contributed by atoms with Crippen molar-refractivity contribution in [3.8, 4) is 0 Å². The van der Waals surface area contributed by atoms with Crippen LogP contribution in [0.3, 0.4) is 0 Å². The molecule has 2 nitrogen and oxygen atoms in total. The Hall–Kier alpha value is -0.370. The summed E-state index contributed by atoms with van der Waals surface area (Å²) in [6, 6.07) is 0. The van der Waals surface area contributed by atoms with Gasteiger partial charge in [0.15, 0.2) is 0 Å². The van der Waals surface area contributed by atoms with Gasteiger partial charge in [-0.25, -0.2) is 0 Å². The van der Waals surface area contributed by atoms with Crippen LogP contribution in [-0.2, 0) is 9.59 Å². The summed E-state index contributed by atoms with van der Waals surface area (Å²) < 4.78 is 0. The average Bonchev–Trinajstić information content (AvgIpc) is 2.30. The topological polar surface area (TPSA) is 34.1 Å². The van der Waals surface area contributed by atoms with Gasteiger partial charge < -0.3 is 0 Å². The minimum absolute atomic E-state index is 0.0856. The molecule has 0 radical (unpaired) electrons. The summed E-state index contributed by atoms with van der Waals surface area (Å²) in [6.07, 6.45) is 6.16. The summed E-state index contributed by atoms with van der Waals surface area (Å²) >= 11 is 5.13. The van der Waals surface area contributed by atoms with Crippen molar-refractivity contribution in [2.75, 3.05) is 0 Å². The van der Waals surface area contributed by atoms with E-state index in [4.69, 9.17) is 11.6 Å². The molecule has 1 aliphatic carbocycles. The Morgan fingerprint density at radius 3 is 1.92 bits per heavy atom. The van der Waals surface area contributed by atoms with Gasteiger partial charge in [0.1, 0.15) is 0 Å². The molecule has 0 spiro atoms. The minimum Gasteiger partial charge on any atom is -0.289 e. The monoisotopic (exact) mass is 188 g/mol. The zero-order valence-corrected chi connectivity index (χ0v) is 7.77.